The van der Waals surface area contributed by atoms with Gasteiger partial charge in [-0.05, 0) is 49.9 Å². The highest BCUT2D eigenvalue weighted by Gasteiger charge is 2.35. The fourth-order valence-electron chi connectivity index (χ4n) is 3.99. The Morgan fingerprint density at radius 3 is 2.34 bits per heavy atom. The first-order chi connectivity index (χ1) is 13.7. The standard InChI is InChI=1S/C20H30N2O5S2/c1-2-3-14-22(18-11-15-28(24,25)16-18)20(23)17-7-9-19(10-8-17)29(26,27)21-12-5-4-6-13-21/h7-10,18H,2-6,11-16H2,1H3/t18-/m1/s1. The van der Waals surface area contributed by atoms with Gasteiger partial charge in [0.25, 0.3) is 5.91 Å². The molecule has 1 amide bonds. The summed E-state index contributed by atoms with van der Waals surface area (Å²) >= 11 is 0. The molecule has 1 atom stereocenters. The van der Waals surface area contributed by atoms with Crippen molar-refractivity contribution in [3.63, 3.8) is 0 Å². The third kappa shape index (κ3) is 5.19. The Morgan fingerprint density at radius 1 is 1.14 bits per heavy atom. The van der Waals surface area contributed by atoms with E-state index in [0.717, 1.165) is 32.1 Å². The van der Waals surface area contributed by atoms with Crippen molar-refractivity contribution < 1.29 is 21.6 Å². The van der Waals surface area contributed by atoms with Crippen molar-refractivity contribution in [1.82, 2.24) is 9.21 Å². The van der Waals surface area contributed by atoms with E-state index in [0.29, 0.717) is 31.6 Å². The third-order valence-corrected chi connectivity index (χ3v) is 9.38. The summed E-state index contributed by atoms with van der Waals surface area (Å²) < 4.78 is 50.8. The Morgan fingerprint density at radius 2 is 1.79 bits per heavy atom. The largest absolute Gasteiger partial charge is 0.335 e. The van der Waals surface area contributed by atoms with Crippen molar-refractivity contribution in [2.45, 2.75) is 56.4 Å². The van der Waals surface area contributed by atoms with Gasteiger partial charge < -0.3 is 4.90 Å². The molecule has 0 N–H and O–H groups in total. The van der Waals surface area contributed by atoms with Crippen LogP contribution in [0.15, 0.2) is 29.2 Å². The van der Waals surface area contributed by atoms with Crippen molar-refractivity contribution in [3.05, 3.63) is 29.8 Å². The van der Waals surface area contributed by atoms with Gasteiger partial charge >= 0.3 is 0 Å². The number of nitrogens with zero attached hydrogens (tertiary/aromatic N) is 2. The van der Waals surface area contributed by atoms with E-state index in [1.54, 1.807) is 17.0 Å². The average Bonchev–Trinajstić information content (AvgIpc) is 3.08. The predicted molar refractivity (Wildman–Crippen MR) is 112 cm³/mol. The number of sulfone groups is 1. The van der Waals surface area contributed by atoms with Gasteiger partial charge in [0.1, 0.15) is 0 Å². The smallest absolute Gasteiger partial charge is 0.254 e. The van der Waals surface area contributed by atoms with E-state index in [-0.39, 0.29) is 28.4 Å². The number of benzene rings is 1. The van der Waals surface area contributed by atoms with Crippen LogP contribution in [0.25, 0.3) is 0 Å². The zero-order valence-corrected chi connectivity index (χ0v) is 18.6. The molecule has 2 fully saturated rings. The molecule has 2 aliphatic heterocycles. The first kappa shape index (κ1) is 22.2. The van der Waals surface area contributed by atoms with Crippen LogP contribution < -0.4 is 0 Å². The number of unbranched alkanes of at least 4 members (excludes halogenated alkanes) is 1. The summed E-state index contributed by atoms with van der Waals surface area (Å²) in [5.74, 6) is -0.118. The van der Waals surface area contributed by atoms with Crippen LogP contribution in [0.1, 0.15) is 55.8 Å². The highest BCUT2D eigenvalue weighted by atomic mass is 32.2. The molecular weight excluding hydrogens is 412 g/mol. The normalized spacial score (nSPS) is 22.4. The summed E-state index contributed by atoms with van der Waals surface area (Å²) in [4.78, 5) is 14.9. The third-order valence-electron chi connectivity index (χ3n) is 5.72. The minimum atomic E-state index is -3.54. The summed E-state index contributed by atoms with van der Waals surface area (Å²) in [5, 5.41) is 0. The Bertz CT molecular complexity index is 920. The van der Waals surface area contributed by atoms with Crippen molar-refractivity contribution in [3.8, 4) is 0 Å². The summed E-state index contributed by atoms with van der Waals surface area (Å²) in [6.07, 6.45) is 4.93. The Labute approximate surface area is 174 Å². The molecule has 0 unspecified atom stereocenters. The lowest BCUT2D eigenvalue weighted by atomic mass is 10.1. The minimum absolute atomic E-state index is 0.00385. The average molecular weight is 443 g/mol. The van der Waals surface area contributed by atoms with Crippen LogP contribution in [0.2, 0.25) is 0 Å². The van der Waals surface area contributed by atoms with E-state index < -0.39 is 19.9 Å². The zero-order valence-electron chi connectivity index (χ0n) is 16.9. The second-order valence-corrected chi connectivity index (χ2v) is 12.1. The molecule has 1 aromatic carbocycles. The molecule has 3 rings (SSSR count). The van der Waals surface area contributed by atoms with Crippen LogP contribution in [0.4, 0.5) is 0 Å². The van der Waals surface area contributed by atoms with Crippen molar-refractivity contribution in [2.24, 2.45) is 0 Å². The summed E-state index contributed by atoms with van der Waals surface area (Å²) in [6, 6.07) is 5.75. The van der Waals surface area contributed by atoms with Crippen molar-refractivity contribution >= 4 is 25.8 Å². The van der Waals surface area contributed by atoms with Crippen LogP contribution in [0, 0.1) is 0 Å². The highest BCUT2D eigenvalue weighted by molar-refractivity contribution is 7.91. The molecule has 0 aliphatic carbocycles. The fourth-order valence-corrected chi connectivity index (χ4v) is 7.24. The molecule has 162 valence electrons. The van der Waals surface area contributed by atoms with Crippen molar-refractivity contribution in [2.75, 3.05) is 31.1 Å². The maximum absolute atomic E-state index is 13.1. The van der Waals surface area contributed by atoms with Gasteiger partial charge in [0.05, 0.1) is 16.4 Å². The number of rotatable bonds is 7. The van der Waals surface area contributed by atoms with Crippen LogP contribution in [-0.2, 0) is 19.9 Å². The lowest BCUT2D eigenvalue weighted by molar-refractivity contribution is 0.0694. The number of sulfonamides is 1. The molecule has 0 aromatic heterocycles. The molecule has 0 bridgehead atoms. The van der Waals surface area contributed by atoms with Gasteiger partial charge in [0.15, 0.2) is 9.84 Å². The van der Waals surface area contributed by atoms with Gasteiger partial charge in [-0.2, -0.15) is 4.31 Å². The lowest BCUT2D eigenvalue weighted by Crippen LogP contribution is -2.41. The zero-order chi connectivity index (χ0) is 21.1. The van der Waals surface area contributed by atoms with Crippen LogP contribution in [-0.4, -0.2) is 69.1 Å². The maximum Gasteiger partial charge on any atom is 0.254 e. The second kappa shape index (κ2) is 9.14. The molecule has 2 heterocycles. The lowest BCUT2D eigenvalue weighted by Gasteiger charge is -2.28. The summed E-state index contributed by atoms with van der Waals surface area (Å²) in [7, 11) is -6.64. The first-order valence-corrected chi connectivity index (χ1v) is 13.6. The SMILES string of the molecule is CCCCN(C(=O)c1ccc(S(=O)(=O)N2CCCCC2)cc1)[C@@H]1CCS(=O)(=O)C1. The van der Waals surface area contributed by atoms with E-state index in [4.69, 9.17) is 0 Å². The van der Waals surface area contributed by atoms with E-state index in [1.807, 2.05) is 6.92 Å². The number of carbonyl (C=O) groups is 1. The molecular formula is C20H30N2O5S2. The van der Waals surface area contributed by atoms with Gasteiger partial charge in [-0.15, -0.1) is 0 Å². The molecule has 0 radical (unpaired) electrons. The van der Waals surface area contributed by atoms with Gasteiger partial charge in [0, 0.05) is 31.2 Å². The predicted octanol–water partition coefficient (Wildman–Crippen LogP) is 2.29. The number of hydrogen-bond donors (Lipinski definition) is 0. The number of amides is 1. The second-order valence-electron chi connectivity index (χ2n) is 7.90. The van der Waals surface area contributed by atoms with E-state index in [2.05, 4.69) is 0 Å². The van der Waals surface area contributed by atoms with Crippen LogP contribution in [0.5, 0.6) is 0 Å². The quantitative estimate of drug-likeness (QED) is 0.646. The minimum Gasteiger partial charge on any atom is -0.335 e. The molecule has 9 heteroatoms. The molecule has 29 heavy (non-hydrogen) atoms. The van der Waals surface area contributed by atoms with E-state index in [9.17, 15) is 21.6 Å². The topological polar surface area (TPSA) is 91.8 Å². The molecule has 1 aromatic rings. The summed E-state index contributed by atoms with van der Waals surface area (Å²) in [6.45, 7) is 3.59. The summed E-state index contributed by atoms with van der Waals surface area (Å²) in [5.41, 5.74) is 0.392. The van der Waals surface area contributed by atoms with Gasteiger partial charge in [-0.25, -0.2) is 16.8 Å². The van der Waals surface area contributed by atoms with Crippen LogP contribution in [0.3, 0.4) is 0 Å². The molecule has 2 saturated heterocycles. The first-order valence-electron chi connectivity index (χ1n) is 10.4. The number of carbonyl (C=O) groups excluding carboxylic acids is 1. The Balaban J connectivity index is 1.78. The fraction of sp³-hybridized carbons (Fsp3) is 0.650. The number of piperidine rings is 1. The molecule has 7 nitrogen and oxygen atoms in total. The highest BCUT2D eigenvalue weighted by Crippen LogP contribution is 2.23. The monoisotopic (exact) mass is 442 g/mol. The number of hydrogen-bond acceptors (Lipinski definition) is 5. The van der Waals surface area contributed by atoms with Gasteiger partial charge in [-0.1, -0.05) is 19.8 Å². The van der Waals surface area contributed by atoms with Crippen molar-refractivity contribution in [1.29, 1.82) is 0 Å². The van der Waals surface area contributed by atoms with Crippen LogP contribution >= 0.6 is 0 Å². The van der Waals surface area contributed by atoms with E-state index in [1.165, 1.54) is 16.4 Å². The Hall–Kier alpha value is -1.45. The van der Waals surface area contributed by atoms with Gasteiger partial charge in [-0.3, -0.25) is 4.79 Å². The molecule has 0 saturated carbocycles. The molecule has 2 aliphatic rings. The Kier molecular flexibility index (Phi) is 7.01. The van der Waals surface area contributed by atoms with E-state index >= 15 is 0 Å². The maximum atomic E-state index is 13.1. The van der Waals surface area contributed by atoms with Gasteiger partial charge in [0.2, 0.25) is 10.0 Å². The molecule has 0 spiro atoms.